The van der Waals surface area contributed by atoms with Gasteiger partial charge in [0, 0.05) is 6.20 Å². The second kappa shape index (κ2) is 5.47. The Hall–Kier alpha value is -3.13. The maximum atomic E-state index is 9.41. The van der Waals surface area contributed by atoms with Gasteiger partial charge < -0.3 is 10.6 Å². The van der Waals surface area contributed by atoms with Crippen LogP contribution in [0.1, 0.15) is 17.2 Å². The number of nitrogens with two attached hydrogens (primary N) is 1. The number of nitriles is 1. The van der Waals surface area contributed by atoms with E-state index in [1.807, 2.05) is 48.5 Å². The first-order chi connectivity index (χ1) is 10.3. The van der Waals surface area contributed by atoms with Crippen molar-refractivity contribution in [3.63, 3.8) is 0 Å². The lowest BCUT2D eigenvalue weighted by Gasteiger charge is -2.22. The molecule has 1 atom stereocenters. The predicted molar refractivity (Wildman–Crippen MR) is 77.9 cm³/mol. The van der Waals surface area contributed by atoms with Crippen LogP contribution < -0.4 is 5.73 Å². The van der Waals surface area contributed by atoms with Crippen molar-refractivity contribution in [1.29, 1.82) is 5.26 Å². The molecule has 1 aliphatic heterocycles. The second-order valence-corrected chi connectivity index (χ2v) is 4.52. The molecule has 0 spiro atoms. The summed E-state index contributed by atoms with van der Waals surface area (Å²) >= 11 is 0. The zero-order valence-electron chi connectivity index (χ0n) is 11.1. The highest BCUT2D eigenvalue weighted by Crippen LogP contribution is 2.32. The Morgan fingerprint density at radius 1 is 1.10 bits per heavy atom. The molecule has 3 rings (SSSR count). The van der Waals surface area contributed by atoms with Gasteiger partial charge in [-0.3, -0.25) is 4.98 Å². The molecule has 0 saturated heterocycles. The molecule has 0 fully saturated rings. The maximum Gasteiger partial charge on any atom is 0.235 e. The first kappa shape index (κ1) is 12.9. The summed E-state index contributed by atoms with van der Waals surface area (Å²) in [5.41, 5.74) is 8.27. The normalized spacial score (nSPS) is 17.7. The van der Waals surface area contributed by atoms with Gasteiger partial charge in [0.1, 0.15) is 17.4 Å². The molecule has 21 heavy (non-hydrogen) atoms. The number of pyridine rings is 1. The lowest BCUT2D eigenvalue weighted by Crippen LogP contribution is -2.25. The Bertz CT molecular complexity index is 745. The van der Waals surface area contributed by atoms with Gasteiger partial charge in [0.2, 0.25) is 5.88 Å². The topological polar surface area (TPSA) is 84.3 Å². The van der Waals surface area contributed by atoms with Crippen LogP contribution in [-0.2, 0) is 4.84 Å². The Kier molecular flexibility index (Phi) is 3.36. The highest BCUT2D eigenvalue weighted by Gasteiger charge is 2.31. The van der Waals surface area contributed by atoms with Crippen LogP contribution in [0.2, 0.25) is 0 Å². The fourth-order valence-electron chi connectivity index (χ4n) is 2.28. The van der Waals surface area contributed by atoms with Crippen LogP contribution in [0.4, 0.5) is 0 Å². The van der Waals surface area contributed by atoms with Crippen molar-refractivity contribution in [1.82, 2.24) is 4.98 Å². The van der Waals surface area contributed by atoms with Gasteiger partial charge in [-0.05, 0) is 17.7 Å². The first-order valence-corrected chi connectivity index (χ1v) is 6.42. The van der Waals surface area contributed by atoms with Crippen LogP contribution in [0.25, 0.3) is 0 Å². The van der Waals surface area contributed by atoms with Crippen molar-refractivity contribution in [3.8, 4) is 6.07 Å². The largest absolute Gasteiger partial charge is 0.367 e. The highest BCUT2D eigenvalue weighted by atomic mass is 16.6. The Morgan fingerprint density at radius 3 is 2.52 bits per heavy atom. The highest BCUT2D eigenvalue weighted by molar-refractivity contribution is 6.06. The van der Waals surface area contributed by atoms with Gasteiger partial charge in [-0.25, -0.2) is 0 Å². The van der Waals surface area contributed by atoms with E-state index in [0.29, 0.717) is 17.0 Å². The zero-order valence-corrected chi connectivity index (χ0v) is 11.1. The van der Waals surface area contributed by atoms with Crippen LogP contribution in [0.5, 0.6) is 0 Å². The summed E-state index contributed by atoms with van der Waals surface area (Å²) in [5, 5.41) is 13.5. The third kappa shape index (κ3) is 2.35. The van der Waals surface area contributed by atoms with E-state index < -0.39 is 0 Å². The number of oxime groups is 1. The molecule has 0 amide bonds. The van der Waals surface area contributed by atoms with E-state index in [4.69, 9.17) is 10.6 Å². The van der Waals surface area contributed by atoms with Crippen LogP contribution in [0, 0.1) is 11.3 Å². The molecule has 5 nitrogen and oxygen atoms in total. The molecule has 0 aliphatic carbocycles. The molecule has 1 aliphatic rings. The Balaban J connectivity index is 2.14. The van der Waals surface area contributed by atoms with E-state index in [1.165, 1.54) is 0 Å². The minimum Gasteiger partial charge on any atom is -0.367 e. The van der Waals surface area contributed by atoms with E-state index >= 15 is 0 Å². The number of aromatic nitrogens is 1. The number of hydrogen-bond acceptors (Lipinski definition) is 5. The van der Waals surface area contributed by atoms with Gasteiger partial charge in [0.15, 0.2) is 0 Å². The summed E-state index contributed by atoms with van der Waals surface area (Å²) < 4.78 is 0. The SMILES string of the molecule is N#CC1=C(N)ON=C(c2ccccn2)C1c1ccccc1. The van der Waals surface area contributed by atoms with Crippen LogP contribution in [0.15, 0.2) is 71.3 Å². The Morgan fingerprint density at radius 2 is 1.86 bits per heavy atom. The molecule has 5 heteroatoms. The summed E-state index contributed by atoms with van der Waals surface area (Å²) in [6, 6.07) is 17.2. The third-order valence-electron chi connectivity index (χ3n) is 3.25. The average molecular weight is 276 g/mol. The summed E-state index contributed by atoms with van der Waals surface area (Å²) in [6.07, 6.45) is 1.67. The number of allylic oxidation sites excluding steroid dienone is 1. The van der Waals surface area contributed by atoms with Crippen LogP contribution in [0.3, 0.4) is 0 Å². The number of hydrogen-bond donors (Lipinski definition) is 1. The second-order valence-electron chi connectivity index (χ2n) is 4.52. The maximum absolute atomic E-state index is 9.41. The van der Waals surface area contributed by atoms with Crippen molar-refractivity contribution < 1.29 is 4.84 Å². The molecule has 0 saturated carbocycles. The number of nitrogens with zero attached hydrogens (tertiary/aromatic N) is 3. The Labute approximate surface area is 122 Å². The fraction of sp³-hybridized carbons (Fsp3) is 0.0625. The van der Waals surface area contributed by atoms with Crippen LogP contribution in [-0.4, -0.2) is 10.7 Å². The summed E-state index contributed by atoms with van der Waals surface area (Å²) in [7, 11) is 0. The number of rotatable bonds is 2. The summed E-state index contributed by atoms with van der Waals surface area (Å²) in [5.74, 6) is -0.342. The van der Waals surface area contributed by atoms with Crippen molar-refractivity contribution >= 4 is 5.71 Å². The van der Waals surface area contributed by atoms with E-state index in [2.05, 4.69) is 16.2 Å². The monoisotopic (exact) mass is 276 g/mol. The van der Waals surface area contributed by atoms with Gasteiger partial charge in [-0.15, -0.1) is 0 Å². The van der Waals surface area contributed by atoms with E-state index in [9.17, 15) is 5.26 Å². The van der Waals surface area contributed by atoms with Crippen molar-refractivity contribution in [2.75, 3.05) is 0 Å². The quantitative estimate of drug-likeness (QED) is 0.912. The molecule has 0 bridgehead atoms. The first-order valence-electron chi connectivity index (χ1n) is 6.42. The summed E-state index contributed by atoms with van der Waals surface area (Å²) in [4.78, 5) is 9.37. The van der Waals surface area contributed by atoms with E-state index in [0.717, 1.165) is 5.56 Å². The molecule has 0 radical (unpaired) electrons. The molecule has 1 aromatic heterocycles. The summed E-state index contributed by atoms with van der Waals surface area (Å²) in [6.45, 7) is 0. The smallest absolute Gasteiger partial charge is 0.235 e. The van der Waals surface area contributed by atoms with Gasteiger partial charge in [0.25, 0.3) is 0 Å². The van der Waals surface area contributed by atoms with Gasteiger partial charge in [0.05, 0.1) is 11.6 Å². The number of benzene rings is 1. The van der Waals surface area contributed by atoms with Gasteiger partial charge in [-0.2, -0.15) is 5.26 Å². The molecule has 102 valence electrons. The van der Waals surface area contributed by atoms with E-state index in [1.54, 1.807) is 6.20 Å². The molecule has 2 N–H and O–H groups in total. The minimum absolute atomic E-state index is 0.0334. The standard InChI is InChI=1S/C16H12N4O/c17-10-12-14(11-6-2-1-3-7-11)15(20-21-16(12)18)13-8-4-5-9-19-13/h1-9,14H,18H2. The molecule has 2 heterocycles. The minimum atomic E-state index is -0.375. The average Bonchev–Trinajstić information content (AvgIpc) is 2.56. The molecule has 2 aromatic rings. The molecule has 1 unspecified atom stereocenters. The molecular weight excluding hydrogens is 264 g/mol. The predicted octanol–water partition coefficient (Wildman–Crippen LogP) is 2.29. The van der Waals surface area contributed by atoms with Gasteiger partial charge in [-0.1, -0.05) is 41.6 Å². The zero-order chi connectivity index (χ0) is 14.7. The van der Waals surface area contributed by atoms with Crippen molar-refractivity contribution in [3.05, 3.63) is 77.4 Å². The lowest BCUT2D eigenvalue weighted by molar-refractivity contribution is 0.213. The molecular formula is C16H12N4O. The van der Waals surface area contributed by atoms with E-state index in [-0.39, 0.29) is 11.8 Å². The van der Waals surface area contributed by atoms with Gasteiger partial charge >= 0.3 is 0 Å². The van der Waals surface area contributed by atoms with Crippen molar-refractivity contribution in [2.45, 2.75) is 5.92 Å². The van der Waals surface area contributed by atoms with Crippen LogP contribution >= 0.6 is 0 Å². The molecule has 1 aromatic carbocycles. The third-order valence-corrected chi connectivity index (χ3v) is 3.25. The van der Waals surface area contributed by atoms with Crippen molar-refractivity contribution in [2.24, 2.45) is 10.9 Å². The lowest BCUT2D eigenvalue weighted by atomic mass is 9.85. The fourth-order valence-corrected chi connectivity index (χ4v) is 2.28.